The van der Waals surface area contributed by atoms with Crippen LogP contribution in [-0.2, 0) is 25.7 Å². The number of nitrogens with one attached hydrogen (secondary N) is 3. The molecule has 0 aromatic heterocycles. The van der Waals surface area contributed by atoms with Crippen LogP contribution in [0.4, 0.5) is 4.79 Å². The molecule has 2 amide bonds. The summed E-state index contributed by atoms with van der Waals surface area (Å²) in [5, 5.41) is 14.6. The number of hydrazine groups is 1. The Labute approximate surface area is 202 Å². The molecule has 1 rings (SSSR count). The molecule has 35 heavy (non-hydrogen) atoms. The Morgan fingerprint density at radius 3 is 2.51 bits per heavy atom. The van der Waals surface area contributed by atoms with Crippen LogP contribution in [0.5, 0.6) is 0 Å². The van der Waals surface area contributed by atoms with Gasteiger partial charge < -0.3 is 31.6 Å². The van der Waals surface area contributed by atoms with Crippen molar-refractivity contribution >= 4 is 23.9 Å². The number of hydrogen-bond donors (Lipinski definition) is 5. The molecular weight excluding hydrogens is 462 g/mol. The van der Waals surface area contributed by atoms with Crippen LogP contribution in [0.1, 0.15) is 37.7 Å². The molecule has 14 nitrogen and oxygen atoms in total. The molecule has 0 aliphatic heterocycles. The van der Waals surface area contributed by atoms with Crippen LogP contribution in [0.3, 0.4) is 0 Å². The van der Waals surface area contributed by atoms with E-state index in [4.69, 9.17) is 20.9 Å². The molecule has 7 N–H and O–H groups in total. The van der Waals surface area contributed by atoms with Gasteiger partial charge >= 0.3 is 12.1 Å². The van der Waals surface area contributed by atoms with Crippen LogP contribution in [0.2, 0.25) is 0 Å². The normalized spacial score (nSPS) is 12.7. The van der Waals surface area contributed by atoms with Gasteiger partial charge in [0.25, 0.3) is 5.96 Å². The zero-order valence-electron chi connectivity index (χ0n) is 19.6. The number of alkyl carbamates (subject to hydrolysis) is 1. The number of nitrogens with zero attached hydrogens (tertiary/aromatic N) is 2. The summed E-state index contributed by atoms with van der Waals surface area (Å²) in [6.07, 6.45) is 1.44. The molecule has 0 bridgehead atoms. The van der Waals surface area contributed by atoms with Gasteiger partial charge in [0.2, 0.25) is 5.91 Å². The van der Waals surface area contributed by atoms with Crippen molar-refractivity contribution in [1.29, 1.82) is 0 Å². The lowest BCUT2D eigenvalue weighted by molar-refractivity contribution is -0.525. The molecule has 14 heteroatoms. The summed E-state index contributed by atoms with van der Waals surface area (Å²) in [6, 6.07) is 7.49. The summed E-state index contributed by atoms with van der Waals surface area (Å²) < 4.78 is 9.81. The van der Waals surface area contributed by atoms with Crippen LogP contribution >= 0.6 is 0 Å². The minimum absolute atomic E-state index is 0.100. The number of ether oxygens (including phenoxy) is 2. The van der Waals surface area contributed by atoms with E-state index in [-0.39, 0.29) is 25.5 Å². The van der Waals surface area contributed by atoms with Gasteiger partial charge in [0, 0.05) is 13.1 Å². The Morgan fingerprint density at radius 1 is 1.14 bits per heavy atom. The minimum Gasteiger partial charge on any atom is -0.467 e. The largest absolute Gasteiger partial charge is 0.467 e. The van der Waals surface area contributed by atoms with Gasteiger partial charge in [0.1, 0.15) is 12.6 Å². The zero-order valence-corrected chi connectivity index (χ0v) is 19.6. The number of amides is 2. The molecule has 0 spiro atoms. The molecule has 0 aliphatic rings. The maximum atomic E-state index is 12.4. The first-order chi connectivity index (χ1) is 16.7. The molecule has 0 radical (unpaired) electrons. The number of aliphatic imine (C=N–C) groups is 1. The van der Waals surface area contributed by atoms with Crippen LogP contribution < -0.4 is 27.5 Å². The van der Waals surface area contributed by atoms with Gasteiger partial charge in [0.05, 0.1) is 13.2 Å². The van der Waals surface area contributed by atoms with E-state index in [1.165, 1.54) is 7.11 Å². The van der Waals surface area contributed by atoms with Crippen molar-refractivity contribution in [3.63, 3.8) is 0 Å². The Morgan fingerprint density at radius 2 is 1.86 bits per heavy atom. The Bertz CT molecular complexity index is 852. The fraction of sp³-hybridized carbons (Fsp3) is 0.524. The number of nitrogens with two attached hydrogens (primary N) is 2. The number of hydrogen-bond acceptors (Lipinski definition) is 9. The van der Waals surface area contributed by atoms with Crippen LogP contribution in [0, 0.1) is 10.1 Å². The summed E-state index contributed by atoms with van der Waals surface area (Å²) in [7, 11) is 1.19. The second-order valence-corrected chi connectivity index (χ2v) is 7.45. The van der Waals surface area contributed by atoms with Crippen LogP contribution in [0.15, 0.2) is 35.3 Å². The molecule has 194 valence electrons. The first-order valence-electron chi connectivity index (χ1n) is 11.0. The number of esters is 1. The Kier molecular flexibility index (Phi) is 13.8. The standard InChI is InChI=1S/C21H33N7O7/c1-34-19(30)17(11-7-13-24-20(23)27-28(32)33)26-18(29)16(22)10-5-6-12-25-21(31)35-14-15-8-3-2-4-9-15/h2-4,8-9,16-17H,5-7,10-14,22H2,1H3,(H,25,31)(H,26,29)(H3,23,24,27)/t16-,17+/m0/s1. The van der Waals surface area contributed by atoms with Gasteiger partial charge in [-0.05, 0) is 37.7 Å². The Balaban J connectivity index is 2.28. The van der Waals surface area contributed by atoms with Gasteiger partial charge in [-0.25, -0.2) is 24.7 Å². The van der Waals surface area contributed by atoms with Gasteiger partial charge in [0.15, 0.2) is 5.03 Å². The number of rotatable bonds is 15. The zero-order chi connectivity index (χ0) is 26.1. The first kappa shape index (κ1) is 29.1. The molecule has 1 aromatic carbocycles. The number of carbonyl (C=O) groups is 3. The number of benzene rings is 1. The number of methoxy groups -OCH3 is 1. The topological polar surface area (TPSA) is 213 Å². The first-order valence-corrected chi connectivity index (χ1v) is 11.0. The maximum absolute atomic E-state index is 12.4. The monoisotopic (exact) mass is 495 g/mol. The summed E-state index contributed by atoms with van der Waals surface area (Å²) in [5.41, 5.74) is 13.8. The van der Waals surface area contributed by atoms with Gasteiger partial charge in [-0.15, -0.1) is 0 Å². The second kappa shape index (κ2) is 16.6. The predicted octanol–water partition coefficient (Wildman–Crippen LogP) is -0.0556. The van der Waals surface area contributed by atoms with Crippen molar-refractivity contribution in [2.24, 2.45) is 16.5 Å². The average molecular weight is 496 g/mol. The van der Waals surface area contributed by atoms with E-state index < -0.39 is 35.1 Å². The minimum atomic E-state index is -0.945. The molecule has 0 saturated heterocycles. The molecule has 0 fully saturated rings. The number of nitro groups is 1. The third-order valence-electron chi connectivity index (χ3n) is 4.70. The maximum Gasteiger partial charge on any atom is 0.407 e. The summed E-state index contributed by atoms with van der Waals surface area (Å²) in [6.45, 7) is 0.638. The summed E-state index contributed by atoms with van der Waals surface area (Å²) >= 11 is 0. The number of guanidine groups is 1. The molecule has 1 aromatic rings. The van der Waals surface area contributed by atoms with Gasteiger partial charge in [-0.3, -0.25) is 4.79 Å². The van der Waals surface area contributed by atoms with Crippen molar-refractivity contribution in [2.45, 2.75) is 50.8 Å². The van der Waals surface area contributed by atoms with Crippen molar-refractivity contribution in [1.82, 2.24) is 16.1 Å². The number of carbonyl (C=O) groups excluding carboxylic acids is 3. The third kappa shape index (κ3) is 13.4. The Hall–Kier alpha value is -3.94. The van der Waals surface area contributed by atoms with E-state index in [1.54, 1.807) is 5.43 Å². The molecule has 0 aliphatic carbocycles. The molecular formula is C21H33N7O7. The highest BCUT2D eigenvalue weighted by atomic mass is 16.7. The van der Waals surface area contributed by atoms with Crippen molar-refractivity contribution in [2.75, 3.05) is 20.2 Å². The fourth-order valence-electron chi connectivity index (χ4n) is 2.88. The van der Waals surface area contributed by atoms with E-state index >= 15 is 0 Å². The van der Waals surface area contributed by atoms with Crippen LogP contribution in [0.25, 0.3) is 0 Å². The van der Waals surface area contributed by atoms with Gasteiger partial charge in [-0.1, -0.05) is 35.8 Å². The summed E-state index contributed by atoms with van der Waals surface area (Å²) in [4.78, 5) is 50.0. The van der Waals surface area contributed by atoms with E-state index in [0.29, 0.717) is 32.2 Å². The van der Waals surface area contributed by atoms with Crippen molar-refractivity contribution in [3.8, 4) is 0 Å². The summed E-state index contributed by atoms with van der Waals surface area (Å²) in [5.74, 6) is -1.53. The quantitative estimate of drug-likeness (QED) is 0.0546. The molecule has 2 atom stereocenters. The van der Waals surface area contributed by atoms with Crippen LogP contribution in [-0.4, -0.2) is 61.2 Å². The van der Waals surface area contributed by atoms with E-state index in [1.807, 2.05) is 30.3 Å². The SMILES string of the molecule is COC(=O)[C@@H](CCCN=C(N)N[N+](=O)[O-])NC(=O)[C@@H](N)CCCCNC(=O)OCc1ccccc1. The fourth-order valence-corrected chi connectivity index (χ4v) is 2.88. The van der Waals surface area contributed by atoms with E-state index in [2.05, 4.69) is 15.6 Å². The lowest BCUT2D eigenvalue weighted by Crippen LogP contribution is -2.48. The van der Waals surface area contributed by atoms with Gasteiger partial charge in [-0.2, -0.15) is 0 Å². The highest BCUT2D eigenvalue weighted by Crippen LogP contribution is 2.04. The smallest absolute Gasteiger partial charge is 0.407 e. The number of unbranched alkanes of at least 4 members (excludes halogenated alkanes) is 1. The lowest BCUT2D eigenvalue weighted by atomic mass is 10.1. The molecule has 0 heterocycles. The average Bonchev–Trinajstić information content (AvgIpc) is 2.83. The highest BCUT2D eigenvalue weighted by Gasteiger charge is 2.24. The molecule has 0 unspecified atom stereocenters. The van der Waals surface area contributed by atoms with Crippen molar-refractivity contribution in [3.05, 3.63) is 46.0 Å². The third-order valence-corrected chi connectivity index (χ3v) is 4.70. The van der Waals surface area contributed by atoms with E-state index in [9.17, 15) is 24.5 Å². The molecule has 0 saturated carbocycles. The second-order valence-electron chi connectivity index (χ2n) is 7.45. The van der Waals surface area contributed by atoms with E-state index in [0.717, 1.165) is 5.56 Å². The van der Waals surface area contributed by atoms with Crippen molar-refractivity contribution < 1.29 is 28.9 Å². The lowest BCUT2D eigenvalue weighted by Gasteiger charge is -2.19. The highest BCUT2D eigenvalue weighted by molar-refractivity contribution is 5.87. The predicted molar refractivity (Wildman–Crippen MR) is 126 cm³/mol.